The molecule has 0 saturated heterocycles. The Kier molecular flexibility index (Phi) is 3.50. The van der Waals surface area contributed by atoms with Crippen molar-refractivity contribution >= 4 is 11.8 Å². The standard InChI is InChI=1S/C15H19NO2/c1-3-9-15(10-4-2)12-8-6-5-7-11(12)13(17)16-14(15)18/h5-8H,3-4,9-10H2,1-2H3,(H,16,17,18). The van der Waals surface area contributed by atoms with Crippen molar-refractivity contribution in [3.8, 4) is 0 Å². The van der Waals surface area contributed by atoms with Gasteiger partial charge < -0.3 is 0 Å². The molecule has 0 saturated carbocycles. The van der Waals surface area contributed by atoms with Gasteiger partial charge in [0.2, 0.25) is 5.91 Å². The SMILES string of the molecule is CCCC1(CCC)C(=O)NC(=O)c2ccccc21. The van der Waals surface area contributed by atoms with Crippen molar-refractivity contribution in [2.75, 3.05) is 0 Å². The van der Waals surface area contributed by atoms with E-state index in [9.17, 15) is 9.59 Å². The van der Waals surface area contributed by atoms with Crippen LogP contribution in [-0.2, 0) is 10.2 Å². The van der Waals surface area contributed by atoms with Crippen LogP contribution in [0.3, 0.4) is 0 Å². The first-order valence-corrected chi connectivity index (χ1v) is 6.61. The minimum absolute atomic E-state index is 0.130. The Hall–Kier alpha value is -1.64. The van der Waals surface area contributed by atoms with Gasteiger partial charge in [-0.05, 0) is 24.5 Å². The van der Waals surface area contributed by atoms with E-state index < -0.39 is 5.41 Å². The van der Waals surface area contributed by atoms with Crippen LogP contribution >= 0.6 is 0 Å². The second kappa shape index (κ2) is 4.92. The molecule has 18 heavy (non-hydrogen) atoms. The molecule has 0 unspecified atom stereocenters. The van der Waals surface area contributed by atoms with Crippen molar-refractivity contribution in [1.29, 1.82) is 0 Å². The maximum Gasteiger partial charge on any atom is 0.258 e. The lowest BCUT2D eigenvalue weighted by atomic mass is 9.69. The monoisotopic (exact) mass is 245 g/mol. The fraction of sp³-hybridized carbons (Fsp3) is 0.467. The van der Waals surface area contributed by atoms with Gasteiger partial charge in [-0.1, -0.05) is 44.9 Å². The lowest BCUT2D eigenvalue weighted by Crippen LogP contribution is -2.52. The molecule has 1 heterocycles. The topological polar surface area (TPSA) is 46.2 Å². The lowest BCUT2D eigenvalue weighted by Gasteiger charge is -2.37. The van der Waals surface area contributed by atoms with E-state index in [2.05, 4.69) is 19.2 Å². The van der Waals surface area contributed by atoms with Gasteiger partial charge in [0.05, 0.1) is 5.41 Å². The number of hydrogen-bond acceptors (Lipinski definition) is 2. The third-order valence-corrected chi connectivity index (χ3v) is 3.70. The Bertz CT molecular complexity index is 473. The summed E-state index contributed by atoms with van der Waals surface area (Å²) in [5.41, 5.74) is 1.04. The molecular formula is C15H19NO2. The molecule has 0 aliphatic carbocycles. The van der Waals surface area contributed by atoms with Crippen molar-refractivity contribution in [1.82, 2.24) is 5.32 Å². The molecule has 3 heteroatoms. The van der Waals surface area contributed by atoms with Crippen LogP contribution < -0.4 is 5.32 Å². The zero-order chi connectivity index (χ0) is 13.2. The normalized spacial score (nSPS) is 17.2. The van der Waals surface area contributed by atoms with Crippen molar-refractivity contribution in [2.45, 2.75) is 44.9 Å². The summed E-state index contributed by atoms with van der Waals surface area (Å²) in [6, 6.07) is 7.48. The molecular weight excluding hydrogens is 226 g/mol. The van der Waals surface area contributed by atoms with E-state index in [1.165, 1.54) is 0 Å². The first-order valence-electron chi connectivity index (χ1n) is 6.61. The molecule has 0 aromatic heterocycles. The fourth-order valence-corrected chi connectivity index (χ4v) is 2.99. The van der Waals surface area contributed by atoms with Gasteiger partial charge in [-0.3, -0.25) is 14.9 Å². The summed E-state index contributed by atoms with van der Waals surface area (Å²) in [6.07, 6.45) is 3.43. The van der Waals surface area contributed by atoms with E-state index in [1.807, 2.05) is 18.2 Å². The summed E-state index contributed by atoms with van der Waals surface area (Å²) >= 11 is 0. The van der Waals surface area contributed by atoms with E-state index in [-0.39, 0.29) is 11.8 Å². The molecule has 0 spiro atoms. The molecule has 1 N–H and O–H groups in total. The minimum Gasteiger partial charge on any atom is -0.292 e. The van der Waals surface area contributed by atoms with Crippen LogP contribution in [0.25, 0.3) is 0 Å². The zero-order valence-electron chi connectivity index (χ0n) is 11.0. The summed E-state index contributed by atoms with van der Waals surface area (Å²) in [4.78, 5) is 24.2. The predicted molar refractivity (Wildman–Crippen MR) is 70.4 cm³/mol. The smallest absolute Gasteiger partial charge is 0.258 e. The molecule has 0 atom stereocenters. The second-order valence-electron chi connectivity index (χ2n) is 4.91. The first-order chi connectivity index (χ1) is 8.65. The van der Waals surface area contributed by atoms with E-state index in [0.717, 1.165) is 31.2 Å². The third kappa shape index (κ3) is 1.84. The lowest BCUT2D eigenvalue weighted by molar-refractivity contribution is -0.126. The van der Waals surface area contributed by atoms with Crippen molar-refractivity contribution in [2.24, 2.45) is 0 Å². The fourth-order valence-electron chi connectivity index (χ4n) is 2.99. The first kappa shape index (κ1) is 12.8. The molecule has 3 nitrogen and oxygen atoms in total. The van der Waals surface area contributed by atoms with Crippen molar-refractivity contribution in [3.05, 3.63) is 35.4 Å². The highest BCUT2D eigenvalue weighted by Gasteiger charge is 2.44. The number of carbonyl (C=O) groups excluding carboxylic acids is 2. The van der Waals surface area contributed by atoms with Gasteiger partial charge in [0.15, 0.2) is 0 Å². The Balaban J connectivity index is 2.60. The number of carbonyl (C=O) groups is 2. The highest BCUT2D eigenvalue weighted by atomic mass is 16.2. The maximum absolute atomic E-state index is 12.3. The van der Waals surface area contributed by atoms with Gasteiger partial charge in [0.25, 0.3) is 5.91 Å². The largest absolute Gasteiger partial charge is 0.292 e. The molecule has 96 valence electrons. The van der Waals surface area contributed by atoms with Gasteiger partial charge in [-0.15, -0.1) is 0 Å². The van der Waals surface area contributed by atoms with Crippen LogP contribution in [0.4, 0.5) is 0 Å². The molecule has 1 aliphatic heterocycles. The average Bonchev–Trinajstić information content (AvgIpc) is 2.37. The average molecular weight is 245 g/mol. The number of nitrogens with one attached hydrogen (secondary N) is 1. The maximum atomic E-state index is 12.3. The highest BCUT2D eigenvalue weighted by molar-refractivity contribution is 6.13. The molecule has 1 aromatic carbocycles. The molecule has 0 bridgehead atoms. The summed E-state index contributed by atoms with van der Waals surface area (Å²) in [5.74, 6) is -0.395. The van der Waals surface area contributed by atoms with Gasteiger partial charge >= 0.3 is 0 Å². The third-order valence-electron chi connectivity index (χ3n) is 3.70. The summed E-state index contributed by atoms with van der Waals surface area (Å²) in [5, 5.41) is 2.52. The highest BCUT2D eigenvalue weighted by Crippen LogP contribution is 2.39. The van der Waals surface area contributed by atoms with Gasteiger partial charge in [0, 0.05) is 5.56 Å². The Morgan fingerprint density at radius 1 is 1.06 bits per heavy atom. The Morgan fingerprint density at radius 2 is 1.67 bits per heavy atom. The number of amides is 2. The molecule has 0 fully saturated rings. The van der Waals surface area contributed by atoms with Crippen LogP contribution in [0.1, 0.15) is 55.5 Å². The van der Waals surface area contributed by atoms with E-state index in [4.69, 9.17) is 0 Å². The predicted octanol–water partition coefficient (Wildman–Crippen LogP) is 2.79. The van der Waals surface area contributed by atoms with E-state index >= 15 is 0 Å². The Labute approximate surface area is 108 Å². The van der Waals surface area contributed by atoms with E-state index in [0.29, 0.717) is 5.56 Å². The van der Waals surface area contributed by atoms with Crippen LogP contribution in [0.15, 0.2) is 24.3 Å². The van der Waals surface area contributed by atoms with Crippen molar-refractivity contribution in [3.63, 3.8) is 0 Å². The van der Waals surface area contributed by atoms with Crippen molar-refractivity contribution < 1.29 is 9.59 Å². The number of fused-ring (bicyclic) bond motifs is 1. The number of rotatable bonds is 4. The summed E-state index contributed by atoms with van der Waals surface area (Å²) < 4.78 is 0. The second-order valence-corrected chi connectivity index (χ2v) is 4.91. The molecule has 2 amide bonds. The molecule has 1 aromatic rings. The molecule has 0 radical (unpaired) electrons. The zero-order valence-corrected chi connectivity index (χ0v) is 11.0. The minimum atomic E-state index is -0.520. The summed E-state index contributed by atoms with van der Waals surface area (Å²) in [6.45, 7) is 4.15. The molecule has 1 aliphatic rings. The van der Waals surface area contributed by atoms with Crippen LogP contribution in [0, 0.1) is 0 Å². The number of imide groups is 1. The van der Waals surface area contributed by atoms with Crippen LogP contribution in [0.5, 0.6) is 0 Å². The van der Waals surface area contributed by atoms with Gasteiger partial charge in [-0.25, -0.2) is 0 Å². The number of benzene rings is 1. The summed E-state index contributed by atoms with van der Waals surface area (Å²) in [7, 11) is 0. The van der Waals surface area contributed by atoms with Crippen LogP contribution in [-0.4, -0.2) is 11.8 Å². The van der Waals surface area contributed by atoms with Gasteiger partial charge in [-0.2, -0.15) is 0 Å². The molecule has 2 rings (SSSR count). The Morgan fingerprint density at radius 3 is 2.28 bits per heavy atom. The van der Waals surface area contributed by atoms with Gasteiger partial charge in [0.1, 0.15) is 0 Å². The van der Waals surface area contributed by atoms with Crippen LogP contribution in [0.2, 0.25) is 0 Å². The quantitative estimate of drug-likeness (QED) is 0.829. The number of hydrogen-bond donors (Lipinski definition) is 1. The van der Waals surface area contributed by atoms with E-state index in [1.54, 1.807) is 6.07 Å².